The molecule has 154 valence electrons. The Balaban J connectivity index is 1.43. The highest BCUT2D eigenvalue weighted by Gasteiger charge is 2.34. The summed E-state index contributed by atoms with van der Waals surface area (Å²) in [6.07, 6.45) is 1.65. The molecule has 0 saturated carbocycles. The minimum Gasteiger partial charge on any atom is -0.423 e. The number of ether oxygens (including phenoxy) is 1. The lowest BCUT2D eigenvalue weighted by molar-refractivity contribution is -0.123. The second kappa shape index (κ2) is 9.20. The number of hydrogen-bond donors (Lipinski definition) is 0. The molecule has 4 rings (SSSR count). The molecule has 0 N–H and O–H groups in total. The number of halogens is 1. The summed E-state index contributed by atoms with van der Waals surface area (Å²) in [6.45, 7) is 0.239. The number of esters is 1. The molecule has 0 bridgehead atoms. The second-order valence-electron chi connectivity index (χ2n) is 6.72. The fourth-order valence-corrected chi connectivity index (χ4v) is 3.90. The van der Waals surface area contributed by atoms with E-state index in [4.69, 9.17) is 16.3 Å². The minimum atomic E-state index is -0.494. The topological polar surface area (TPSA) is 63.7 Å². The monoisotopic (exact) mass is 449 g/mol. The molecule has 0 aromatic heterocycles. The lowest BCUT2D eigenvalue weighted by Gasteiger charge is -2.12. The first-order chi connectivity index (χ1) is 15.0. The fraction of sp³-hybridized carbons (Fsp3) is 0.0417. The first-order valence-electron chi connectivity index (χ1n) is 9.37. The molecule has 0 radical (unpaired) electrons. The zero-order valence-corrected chi connectivity index (χ0v) is 17.7. The van der Waals surface area contributed by atoms with Crippen molar-refractivity contribution in [2.24, 2.45) is 0 Å². The van der Waals surface area contributed by atoms with Crippen molar-refractivity contribution in [1.82, 2.24) is 4.90 Å². The van der Waals surface area contributed by atoms with Gasteiger partial charge in [-0.05, 0) is 65.4 Å². The number of thioether (sulfide) groups is 1. The van der Waals surface area contributed by atoms with Gasteiger partial charge >= 0.3 is 5.97 Å². The van der Waals surface area contributed by atoms with Gasteiger partial charge in [-0.2, -0.15) is 0 Å². The predicted octanol–water partition coefficient (Wildman–Crippen LogP) is 5.80. The van der Waals surface area contributed by atoms with Crippen molar-refractivity contribution in [3.05, 3.63) is 105 Å². The molecule has 0 spiro atoms. The van der Waals surface area contributed by atoms with Gasteiger partial charge in [0.05, 0.1) is 17.0 Å². The average molecular weight is 450 g/mol. The van der Waals surface area contributed by atoms with E-state index in [0.717, 1.165) is 22.9 Å². The molecule has 1 fully saturated rings. The molecule has 3 aromatic carbocycles. The van der Waals surface area contributed by atoms with Crippen LogP contribution in [0.2, 0.25) is 5.02 Å². The Morgan fingerprint density at radius 2 is 1.61 bits per heavy atom. The van der Waals surface area contributed by atoms with Crippen LogP contribution in [0.1, 0.15) is 21.5 Å². The molecular weight excluding hydrogens is 434 g/mol. The molecule has 2 amide bonds. The summed E-state index contributed by atoms with van der Waals surface area (Å²) in [7, 11) is 0. The molecule has 31 heavy (non-hydrogen) atoms. The van der Waals surface area contributed by atoms with Gasteiger partial charge in [-0.25, -0.2) is 4.79 Å². The van der Waals surface area contributed by atoms with Gasteiger partial charge in [-0.15, -0.1) is 0 Å². The number of nitrogens with zero attached hydrogens (tertiary/aromatic N) is 1. The maximum absolute atomic E-state index is 12.7. The van der Waals surface area contributed by atoms with E-state index in [1.165, 1.54) is 4.90 Å². The Bertz CT molecular complexity index is 1160. The van der Waals surface area contributed by atoms with Crippen LogP contribution in [-0.2, 0) is 11.3 Å². The van der Waals surface area contributed by atoms with E-state index in [1.54, 1.807) is 54.6 Å². The predicted molar refractivity (Wildman–Crippen MR) is 121 cm³/mol. The van der Waals surface area contributed by atoms with Gasteiger partial charge in [-0.1, -0.05) is 54.1 Å². The Morgan fingerprint density at radius 1 is 0.935 bits per heavy atom. The van der Waals surface area contributed by atoms with E-state index in [0.29, 0.717) is 21.2 Å². The molecule has 3 aromatic rings. The molecule has 1 heterocycles. The Hall–Kier alpha value is -3.35. The number of carbonyl (C=O) groups excluding carboxylic acids is 3. The fourth-order valence-electron chi connectivity index (χ4n) is 2.94. The summed E-state index contributed by atoms with van der Waals surface area (Å²) in [5.74, 6) is -0.446. The van der Waals surface area contributed by atoms with Crippen LogP contribution in [-0.4, -0.2) is 22.0 Å². The van der Waals surface area contributed by atoms with E-state index in [1.807, 2.05) is 30.3 Å². The van der Waals surface area contributed by atoms with Gasteiger partial charge in [0.15, 0.2) is 0 Å². The van der Waals surface area contributed by atoms with E-state index in [2.05, 4.69) is 0 Å². The van der Waals surface area contributed by atoms with Gasteiger partial charge in [0.25, 0.3) is 11.1 Å². The van der Waals surface area contributed by atoms with Gasteiger partial charge in [0, 0.05) is 5.02 Å². The van der Waals surface area contributed by atoms with E-state index >= 15 is 0 Å². The normalized spacial score (nSPS) is 14.9. The summed E-state index contributed by atoms with van der Waals surface area (Å²) >= 11 is 6.74. The smallest absolute Gasteiger partial charge is 0.343 e. The zero-order valence-electron chi connectivity index (χ0n) is 16.2. The van der Waals surface area contributed by atoms with Gasteiger partial charge in [-0.3, -0.25) is 14.5 Å². The van der Waals surface area contributed by atoms with Crippen LogP contribution in [0.4, 0.5) is 4.79 Å². The number of rotatable bonds is 5. The number of carbonyl (C=O) groups is 3. The summed E-state index contributed by atoms with van der Waals surface area (Å²) in [5, 5.41) is 0.239. The van der Waals surface area contributed by atoms with Crippen LogP contribution >= 0.6 is 23.4 Å². The number of hydrogen-bond acceptors (Lipinski definition) is 5. The zero-order chi connectivity index (χ0) is 21.8. The van der Waals surface area contributed by atoms with Crippen molar-refractivity contribution < 1.29 is 19.1 Å². The second-order valence-corrected chi connectivity index (χ2v) is 8.15. The molecule has 7 heteroatoms. The summed E-state index contributed by atoms with van der Waals surface area (Å²) in [6, 6.07) is 22.5. The maximum Gasteiger partial charge on any atom is 0.343 e. The lowest BCUT2D eigenvalue weighted by atomic mass is 10.2. The average Bonchev–Trinajstić information content (AvgIpc) is 3.03. The number of imide groups is 1. The minimum absolute atomic E-state index is 0.239. The van der Waals surface area contributed by atoms with Gasteiger partial charge in [0.2, 0.25) is 0 Å². The van der Waals surface area contributed by atoms with Crippen LogP contribution in [0.5, 0.6) is 5.75 Å². The van der Waals surface area contributed by atoms with Crippen LogP contribution in [0.15, 0.2) is 83.8 Å². The van der Waals surface area contributed by atoms with E-state index in [-0.39, 0.29) is 17.7 Å². The molecule has 0 atom stereocenters. The summed E-state index contributed by atoms with van der Waals surface area (Å²) in [5.41, 5.74) is 2.00. The molecule has 5 nitrogen and oxygen atoms in total. The standard InChI is InChI=1S/C24H16ClNO4S/c25-19-10-8-18(9-11-19)23(28)30-20-12-6-16(7-13-20)14-21-22(27)26(24(29)31-21)15-17-4-2-1-3-5-17/h1-14H,15H2/b21-14-. The van der Waals surface area contributed by atoms with Crippen molar-refractivity contribution in [3.8, 4) is 5.75 Å². The number of benzene rings is 3. The van der Waals surface area contributed by atoms with Crippen LogP contribution < -0.4 is 4.74 Å². The lowest BCUT2D eigenvalue weighted by Crippen LogP contribution is -2.27. The van der Waals surface area contributed by atoms with Gasteiger partial charge in [0.1, 0.15) is 5.75 Å². The highest BCUT2D eigenvalue weighted by atomic mass is 35.5. The Labute approximate surface area is 188 Å². The molecule has 1 aliphatic heterocycles. The third-order valence-electron chi connectivity index (χ3n) is 4.53. The third kappa shape index (κ3) is 5.05. The van der Waals surface area contributed by atoms with Crippen molar-refractivity contribution in [2.75, 3.05) is 0 Å². The Kier molecular flexibility index (Phi) is 6.21. The molecular formula is C24H16ClNO4S. The maximum atomic E-state index is 12.7. The highest BCUT2D eigenvalue weighted by Crippen LogP contribution is 2.33. The molecule has 0 aliphatic carbocycles. The molecule has 1 saturated heterocycles. The van der Waals surface area contributed by atoms with E-state index < -0.39 is 5.97 Å². The summed E-state index contributed by atoms with van der Waals surface area (Å²) in [4.78, 5) is 38.7. The van der Waals surface area contributed by atoms with Crippen molar-refractivity contribution >= 4 is 46.6 Å². The first kappa shape index (κ1) is 20.9. The van der Waals surface area contributed by atoms with E-state index in [9.17, 15) is 14.4 Å². The SMILES string of the molecule is O=C(Oc1ccc(/C=C2\SC(=O)N(Cc3ccccc3)C2=O)cc1)c1ccc(Cl)cc1. The highest BCUT2D eigenvalue weighted by molar-refractivity contribution is 8.18. The molecule has 1 aliphatic rings. The largest absolute Gasteiger partial charge is 0.423 e. The first-order valence-corrected chi connectivity index (χ1v) is 10.6. The van der Waals surface area contributed by atoms with Crippen LogP contribution in [0.3, 0.4) is 0 Å². The Morgan fingerprint density at radius 3 is 2.29 bits per heavy atom. The summed E-state index contributed by atoms with van der Waals surface area (Å²) < 4.78 is 5.35. The number of amides is 2. The third-order valence-corrected chi connectivity index (χ3v) is 5.68. The van der Waals surface area contributed by atoms with Crippen LogP contribution in [0.25, 0.3) is 6.08 Å². The van der Waals surface area contributed by atoms with Crippen molar-refractivity contribution in [1.29, 1.82) is 0 Å². The molecule has 0 unspecified atom stereocenters. The van der Waals surface area contributed by atoms with Crippen LogP contribution in [0, 0.1) is 0 Å². The van der Waals surface area contributed by atoms with Crippen molar-refractivity contribution in [2.45, 2.75) is 6.54 Å². The quantitative estimate of drug-likeness (QED) is 0.280. The van der Waals surface area contributed by atoms with Crippen molar-refractivity contribution in [3.63, 3.8) is 0 Å². The van der Waals surface area contributed by atoms with Gasteiger partial charge < -0.3 is 4.74 Å².